The van der Waals surface area contributed by atoms with Gasteiger partial charge in [0.2, 0.25) is 0 Å². The normalized spacial score (nSPS) is 10.8. The zero-order valence-electron chi connectivity index (χ0n) is 14.0. The van der Waals surface area contributed by atoms with Gasteiger partial charge in [0.15, 0.2) is 0 Å². The molecule has 0 radical (unpaired) electrons. The van der Waals surface area contributed by atoms with E-state index in [9.17, 15) is 9.59 Å². The van der Waals surface area contributed by atoms with Crippen LogP contribution in [0.15, 0.2) is 56.1 Å². The Balaban J connectivity index is 1.90. The number of hydrogen-bond donors (Lipinski definition) is 0. The molecule has 0 bridgehead atoms. The fraction of sp³-hybridized carbons (Fsp3) is 0.200. The molecular formula is C20H17BrO4. The summed E-state index contributed by atoms with van der Waals surface area (Å²) in [6.07, 6.45) is 0.0885. The van der Waals surface area contributed by atoms with Gasteiger partial charge >= 0.3 is 5.63 Å². The summed E-state index contributed by atoms with van der Waals surface area (Å²) in [4.78, 5) is 23.5. The average molecular weight is 401 g/mol. The zero-order valence-corrected chi connectivity index (χ0v) is 15.6. The molecule has 0 saturated heterocycles. The number of halogens is 1. The van der Waals surface area contributed by atoms with Crippen LogP contribution in [0, 0.1) is 6.92 Å². The van der Waals surface area contributed by atoms with Crippen LogP contribution < -0.4 is 10.4 Å². The second-order valence-electron chi connectivity index (χ2n) is 5.95. The number of ether oxygens (including phenoxy) is 1. The molecule has 5 heteroatoms. The Kier molecular flexibility index (Phi) is 5.04. The second kappa shape index (κ2) is 7.23. The Morgan fingerprint density at radius 1 is 1.20 bits per heavy atom. The highest BCUT2D eigenvalue weighted by molar-refractivity contribution is 9.10. The number of aryl methyl sites for hydroxylation is 1. The number of fused-ring (bicyclic) bond motifs is 1. The van der Waals surface area contributed by atoms with Crippen LogP contribution in [0.25, 0.3) is 11.0 Å². The van der Waals surface area contributed by atoms with Crippen molar-refractivity contribution in [2.24, 2.45) is 0 Å². The van der Waals surface area contributed by atoms with Gasteiger partial charge in [0, 0.05) is 27.9 Å². The van der Waals surface area contributed by atoms with Crippen molar-refractivity contribution in [3.8, 4) is 5.75 Å². The van der Waals surface area contributed by atoms with Crippen molar-refractivity contribution in [2.45, 2.75) is 26.9 Å². The second-order valence-corrected chi connectivity index (χ2v) is 6.86. The lowest BCUT2D eigenvalue weighted by Crippen LogP contribution is -2.13. The van der Waals surface area contributed by atoms with Crippen molar-refractivity contribution < 1.29 is 13.9 Å². The summed E-state index contributed by atoms with van der Waals surface area (Å²) in [5.74, 6) is 0.554. The summed E-state index contributed by atoms with van der Waals surface area (Å²) in [6.45, 7) is 3.71. The average Bonchev–Trinajstić information content (AvgIpc) is 2.56. The molecule has 0 aliphatic carbocycles. The molecule has 2 aromatic carbocycles. The van der Waals surface area contributed by atoms with E-state index in [1.165, 1.54) is 6.92 Å². The predicted octanol–water partition coefficient (Wildman–Crippen LogP) is 4.57. The first-order chi connectivity index (χ1) is 11.9. The summed E-state index contributed by atoms with van der Waals surface area (Å²) in [5, 5.41) is 0.811. The molecule has 3 rings (SSSR count). The molecule has 0 fully saturated rings. The Morgan fingerprint density at radius 2 is 2.00 bits per heavy atom. The number of rotatable bonds is 5. The maximum absolute atomic E-state index is 12.2. The minimum atomic E-state index is -0.468. The Hall–Kier alpha value is -2.40. The quantitative estimate of drug-likeness (QED) is 0.588. The highest BCUT2D eigenvalue weighted by Gasteiger charge is 2.13. The number of hydrogen-bond acceptors (Lipinski definition) is 4. The first-order valence-corrected chi connectivity index (χ1v) is 8.66. The number of carbonyl (C=O) groups excluding carboxylic acids is 1. The van der Waals surface area contributed by atoms with Gasteiger partial charge in [-0.15, -0.1) is 0 Å². The summed E-state index contributed by atoms with van der Waals surface area (Å²) >= 11 is 3.43. The van der Waals surface area contributed by atoms with Crippen molar-refractivity contribution >= 4 is 32.7 Å². The third-order valence-electron chi connectivity index (χ3n) is 3.98. The molecular weight excluding hydrogens is 384 g/mol. The van der Waals surface area contributed by atoms with Crippen molar-refractivity contribution in [3.05, 3.63) is 74.0 Å². The standard InChI is InChI=1S/C20H17BrO4/c1-12(22)8-18-13(2)17-7-6-16(10-19(17)25-20(18)23)24-11-14-4-3-5-15(21)9-14/h3-7,9-10H,8,11H2,1-2H3. The maximum Gasteiger partial charge on any atom is 0.340 e. The molecule has 0 spiro atoms. The topological polar surface area (TPSA) is 56.5 Å². The lowest BCUT2D eigenvalue weighted by Gasteiger charge is -2.10. The summed E-state index contributed by atoms with van der Waals surface area (Å²) < 4.78 is 12.2. The van der Waals surface area contributed by atoms with Crippen LogP contribution in [-0.4, -0.2) is 5.78 Å². The lowest BCUT2D eigenvalue weighted by atomic mass is 10.0. The molecule has 3 aromatic rings. The van der Waals surface area contributed by atoms with Gasteiger partial charge in [-0.3, -0.25) is 4.79 Å². The van der Waals surface area contributed by atoms with Gasteiger partial charge in [-0.1, -0.05) is 28.1 Å². The molecule has 0 aliphatic heterocycles. The van der Waals surface area contributed by atoms with Crippen LogP contribution in [-0.2, 0) is 17.8 Å². The number of benzene rings is 2. The fourth-order valence-corrected chi connectivity index (χ4v) is 3.16. The molecule has 128 valence electrons. The molecule has 1 heterocycles. The van der Waals surface area contributed by atoms with Crippen LogP contribution in [0.5, 0.6) is 5.75 Å². The zero-order chi connectivity index (χ0) is 18.0. The van der Waals surface area contributed by atoms with E-state index in [2.05, 4.69) is 15.9 Å². The molecule has 0 amide bonds. The molecule has 1 aromatic heterocycles. The Bertz CT molecular complexity index is 1000. The summed E-state index contributed by atoms with van der Waals surface area (Å²) in [5.41, 5.74) is 2.22. The van der Waals surface area contributed by atoms with E-state index in [1.54, 1.807) is 6.07 Å². The molecule has 4 nitrogen and oxygen atoms in total. The van der Waals surface area contributed by atoms with Gasteiger partial charge in [0.05, 0.1) is 0 Å². The molecule has 0 atom stereocenters. The monoisotopic (exact) mass is 400 g/mol. The van der Waals surface area contributed by atoms with Gasteiger partial charge in [-0.05, 0) is 49.2 Å². The van der Waals surface area contributed by atoms with Crippen LogP contribution in [0.1, 0.15) is 23.6 Å². The van der Waals surface area contributed by atoms with Crippen molar-refractivity contribution in [1.82, 2.24) is 0 Å². The molecule has 0 aliphatic rings. The number of ketones is 1. The smallest absolute Gasteiger partial charge is 0.340 e. The number of carbonyl (C=O) groups is 1. The van der Waals surface area contributed by atoms with Gasteiger partial charge < -0.3 is 9.15 Å². The fourth-order valence-electron chi connectivity index (χ4n) is 2.71. The summed E-state index contributed by atoms with van der Waals surface area (Å²) in [6, 6.07) is 13.3. The van der Waals surface area contributed by atoms with Crippen molar-refractivity contribution in [2.75, 3.05) is 0 Å². The maximum atomic E-state index is 12.2. The highest BCUT2D eigenvalue weighted by Crippen LogP contribution is 2.25. The van der Waals surface area contributed by atoms with Gasteiger partial charge in [-0.25, -0.2) is 4.79 Å². The molecule has 0 N–H and O–H groups in total. The van der Waals surface area contributed by atoms with Gasteiger partial charge in [-0.2, -0.15) is 0 Å². The highest BCUT2D eigenvalue weighted by atomic mass is 79.9. The van der Waals surface area contributed by atoms with Crippen molar-refractivity contribution in [3.63, 3.8) is 0 Å². The van der Waals surface area contributed by atoms with Crippen LogP contribution in [0.4, 0.5) is 0 Å². The van der Waals surface area contributed by atoms with Crippen LogP contribution in [0.3, 0.4) is 0 Å². The molecule has 25 heavy (non-hydrogen) atoms. The Morgan fingerprint density at radius 3 is 2.72 bits per heavy atom. The largest absolute Gasteiger partial charge is 0.489 e. The minimum Gasteiger partial charge on any atom is -0.489 e. The van der Waals surface area contributed by atoms with Crippen LogP contribution >= 0.6 is 15.9 Å². The van der Waals surface area contributed by atoms with Crippen LogP contribution in [0.2, 0.25) is 0 Å². The minimum absolute atomic E-state index is 0.0660. The lowest BCUT2D eigenvalue weighted by molar-refractivity contribution is -0.116. The summed E-state index contributed by atoms with van der Waals surface area (Å²) in [7, 11) is 0. The third kappa shape index (κ3) is 3.99. The van der Waals surface area contributed by atoms with E-state index in [0.717, 1.165) is 21.0 Å². The van der Waals surface area contributed by atoms with Gasteiger partial charge in [0.1, 0.15) is 23.7 Å². The first kappa shape index (κ1) is 17.4. The van der Waals surface area contributed by atoms with E-state index in [1.807, 2.05) is 43.3 Å². The first-order valence-electron chi connectivity index (χ1n) is 7.87. The predicted molar refractivity (Wildman–Crippen MR) is 100 cm³/mol. The third-order valence-corrected chi connectivity index (χ3v) is 4.47. The number of Topliss-reactive ketones (excluding diaryl/α,β-unsaturated/α-hetero) is 1. The van der Waals surface area contributed by atoms with E-state index in [4.69, 9.17) is 9.15 Å². The van der Waals surface area contributed by atoms with E-state index in [0.29, 0.717) is 23.5 Å². The molecule has 0 unspecified atom stereocenters. The van der Waals surface area contributed by atoms with Crippen molar-refractivity contribution in [1.29, 1.82) is 0 Å². The van der Waals surface area contributed by atoms with E-state index in [-0.39, 0.29) is 12.2 Å². The van der Waals surface area contributed by atoms with E-state index >= 15 is 0 Å². The Labute approximate surface area is 153 Å². The SMILES string of the molecule is CC(=O)Cc1c(C)c2ccc(OCc3cccc(Br)c3)cc2oc1=O. The van der Waals surface area contributed by atoms with E-state index < -0.39 is 5.63 Å². The van der Waals surface area contributed by atoms with Gasteiger partial charge in [0.25, 0.3) is 0 Å². The molecule has 0 saturated carbocycles.